The van der Waals surface area contributed by atoms with Gasteiger partial charge in [-0.1, -0.05) is 6.92 Å². The number of nitrogens with one attached hydrogen (secondary N) is 1. The van der Waals surface area contributed by atoms with E-state index >= 15 is 0 Å². The average Bonchev–Trinajstić information content (AvgIpc) is 2.71. The Morgan fingerprint density at radius 3 is 2.78 bits per heavy atom. The number of aliphatic hydroxyl groups is 1. The average molecular weight is 276 g/mol. The molecule has 0 aliphatic carbocycles. The van der Waals surface area contributed by atoms with Crippen LogP contribution >= 0.6 is 11.8 Å². The van der Waals surface area contributed by atoms with Gasteiger partial charge >= 0.3 is 12.0 Å². The zero-order valence-corrected chi connectivity index (χ0v) is 11.4. The third-order valence-corrected chi connectivity index (χ3v) is 4.09. The molecule has 0 aromatic heterocycles. The van der Waals surface area contributed by atoms with E-state index in [1.54, 1.807) is 11.8 Å². The molecule has 7 heteroatoms. The van der Waals surface area contributed by atoms with Crippen LogP contribution < -0.4 is 5.32 Å². The van der Waals surface area contributed by atoms with Crippen molar-refractivity contribution in [2.45, 2.75) is 37.2 Å². The molecule has 0 saturated carbocycles. The second-order valence-electron chi connectivity index (χ2n) is 4.46. The van der Waals surface area contributed by atoms with Crippen molar-refractivity contribution in [1.82, 2.24) is 10.2 Å². The summed E-state index contributed by atoms with van der Waals surface area (Å²) in [6.45, 7) is 2.66. The number of amides is 2. The van der Waals surface area contributed by atoms with Crippen molar-refractivity contribution in [2.24, 2.45) is 0 Å². The summed E-state index contributed by atoms with van der Waals surface area (Å²) in [6, 6.07) is -1.33. The maximum absolute atomic E-state index is 11.8. The van der Waals surface area contributed by atoms with Crippen LogP contribution in [0.4, 0.5) is 4.79 Å². The van der Waals surface area contributed by atoms with Gasteiger partial charge in [0.15, 0.2) is 0 Å². The molecule has 1 aliphatic heterocycles. The molecule has 1 heterocycles. The predicted molar refractivity (Wildman–Crippen MR) is 69.7 cm³/mol. The number of aliphatic hydroxyl groups excluding tert-OH is 1. The molecule has 1 rings (SSSR count). The van der Waals surface area contributed by atoms with Crippen LogP contribution in [0.2, 0.25) is 0 Å². The van der Waals surface area contributed by atoms with Crippen molar-refractivity contribution in [3.05, 3.63) is 0 Å². The summed E-state index contributed by atoms with van der Waals surface area (Å²) in [5, 5.41) is 21.5. The van der Waals surface area contributed by atoms with Gasteiger partial charge in [-0.05, 0) is 12.7 Å². The quantitative estimate of drug-likeness (QED) is 0.674. The van der Waals surface area contributed by atoms with E-state index in [2.05, 4.69) is 12.2 Å². The first-order valence-corrected chi connectivity index (χ1v) is 7.22. The molecule has 0 aromatic carbocycles. The van der Waals surface area contributed by atoms with Crippen LogP contribution in [0.5, 0.6) is 0 Å². The van der Waals surface area contributed by atoms with E-state index in [0.29, 0.717) is 11.8 Å². The monoisotopic (exact) mass is 276 g/mol. The number of urea groups is 1. The van der Waals surface area contributed by atoms with Crippen molar-refractivity contribution in [1.29, 1.82) is 0 Å². The fourth-order valence-corrected chi connectivity index (χ4v) is 2.23. The SMILES string of the molecule is CSC(C)CCNC(=O)N1C[C@@H](O)C[C@H]1C(=O)O. The highest BCUT2D eigenvalue weighted by Gasteiger charge is 2.38. The number of thioether (sulfide) groups is 1. The van der Waals surface area contributed by atoms with E-state index in [1.165, 1.54) is 4.90 Å². The number of hydrogen-bond acceptors (Lipinski definition) is 4. The molecular weight excluding hydrogens is 256 g/mol. The van der Waals surface area contributed by atoms with Gasteiger partial charge in [-0.15, -0.1) is 0 Å². The maximum Gasteiger partial charge on any atom is 0.326 e. The number of carbonyl (C=O) groups is 2. The van der Waals surface area contributed by atoms with Gasteiger partial charge in [0.05, 0.1) is 6.10 Å². The summed E-state index contributed by atoms with van der Waals surface area (Å²) in [7, 11) is 0. The molecule has 1 unspecified atom stereocenters. The zero-order chi connectivity index (χ0) is 13.7. The number of aliphatic carboxylic acids is 1. The maximum atomic E-state index is 11.8. The Kier molecular flexibility index (Phi) is 5.74. The van der Waals surface area contributed by atoms with E-state index in [4.69, 9.17) is 5.11 Å². The summed E-state index contributed by atoms with van der Waals surface area (Å²) in [6.07, 6.45) is 2.19. The third-order valence-electron chi connectivity index (χ3n) is 3.05. The summed E-state index contributed by atoms with van der Waals surface area (Å²) in [4.78, 5) is 24.0. The highest BCUT2D eigenvalue weighted by atomic mass is 32.2. The Morgan fingerprint density at radius 2 is 2.22 bits per heavy atom. The zero-order valence-electron chi connectivity index (χ0n) is 10.6. The Balaban J connectivity index is 2.43. The van der Waals surface area contributed by atoms with E-state index in [1.807, 2.05) is 6.26 Å². The standard InChI is InChI=1S/C11H20N2O4S/c1-7(18-2)3-4-12-11(17)13-6-8(14)5-9(13)10(15)16/h7-9,14H,3-6H2,1-2H3,(H,12,17)(H,15,16)/t7?,8-,9-/m0/s1. The second-order valence-corrected chi connectivity index (χ2v) is 5.74. The largest absolute Gasteiger partial charge is 0.480 e. The lowest BCUT2D eigenvalue weighted by Crippen LogP contribution is -2.46. The van der Waals surface area contributed by atoms with Gasteiger partial charge in [0.25, 0.3) is 0 Å². The van der Waals surface area contributed by atoms with Crippen molar-refractivity contribution < 1.29 is 19.8 Å². The lowest BCUT2D eigenvalue weighted by Gasteiger charge is -2.21. The lowest BCUT2D eigenvalue weighted by molar-refractivity contribution is -0.141. The van der Waals surface area contributed by atoms with Crippen molar-refractivity contribution in [3.8, 4) is 0 Å². The number of carboxylic acids is 1. The first kappa shape index (κ1) is 15.1. The molecule has 1 fully saturated rings. The first-order chi connectivity index (χ1) is 8.45. The minimum absolute atomic E-state index is 0.0842. The van der Waals surface area contributed by atoms with E-state index < -0.39 is 24.1 Å². The topological polar surface area (TPSA) is 89.9 Å². The summed E-state index contributed by atoms with van der Waals surface area (Å²) >= 11 is 1.72. The van der Waals surface area contributed by atoms with Crippen LogP contribution in [0.1, 0.15) is 19.8 Å². The van der Waals surface area contributed by atoms with Gasteiger partial charge in [-0.2, -0.15) is 11.8 Å². The Hall–Kier alpha value is -0.950. The number of β-amino-alcohol motifs (C(OH)–C–C–N with tert-alkyl or cyclic N) is 1. The van der Waals surface area contributed by atoms with Crippen molar-refractivity contribution in [3.63, 3.8) is 0 Å². The molecule has 1 aliphatic rings. The molecule has 0 radical (unpaired) electrons. The summed E-state index contributed by atoms with van der Waals surface area (Å²) in [5.41, 5.74) is 0. The molecule has 2 amide bonds. The molecule has 104 valence electrons. The van der Waals surface area contributed by atoms with Crippen LogP contribution in [-0.2, 0) is 4.79 Å². The Labute approximate surface area is 111 Å². The Morgan fingerprint density at radius 1 is 1.56 bits per heavy atom. The molecule has 6 nitrogen and oxygen atoms in total. The molecule has 0 aromatic rings. The van der Waals surface area contributed by atoms with Gasteiger partial charge in [0.2, 0.25) is 0 Å². The van der Waals surface area contributed by atoms with E-state index in [9.17, 15) is 14.7 Å². The smallest absolute Gasteiger partial charge is 0.326 e. The summed E-state index contributed by atoms with van der Waals surface area (Å²) < 4.78 is 0. The van der Waals surface area contributed by atoms with Crippen LogP contribution in [0.3, 0.4) is 0 Å². The van der Waals surface area contributed by atoms with Gasteiger partial charge in [-0.3, -0.25) is 0 Å². The number of carbonyl (C=O) groups excluding carboxylic acids is 1. The van der Waals surface area contributed by atoms with Gasteiger partial charge in [0, 0.05) is 24.8 Å². The molecule has 18 heavy (non-hydrogen) atoms. The minimum atomic E-state index is -1.07. The first-order valence-electron chi connectivity index (χ1n) is 5.93. The molecule has 3 N–H and O–H groups in total. The Bertz CT molecular complexity index is 313. The van der Waals surface area contributed by atoms with Gasteiger partial charge in [-0.25, -0.2) is 9.59 Å². The summed E-state index contributed by atoms with van der Waals surface area (Å²) in [5.74, 6) is -1.07. The third kappa shape index (κ3) is 4.06. The number of nitrogens with zero attached hydrogens (tertiary/aromatic N) is 1. The van der Waals surface area contributed by atoms with Crippen LogP contribution in [0, 0.1) is 0 Å². The highest BCUT2D eigenvalue weighted by Crippen LogP contribution is 2.18. The molecule has 0 spiro atoms. The fraction of sp³-hybridized carbons (Fsp3) is 0.818. The van der Waals surface area contributed by atoms with Crippen LogP contribution in [0.15, 0.2) is 0 Å². The molecular formula is C11H20N2O4S. The van der Waals surface area contributed by atoms with Crippen molar-refractivity contribution >= 4 is 23.8 Å². The molecule has 0 bridgehead atoms. The number of hydrogen-bond donors (Lipinski definition) is 3. The number of rotatable bonds is 5. The van der Waals surface area contributed by atoms with E-state index in [0.717, 1.165) is 6.42 Å². The minimum Gasteiger partial charge on any atom is -0.480 e. The highest BCUT2D eigenvalue weighted by molar-refractivity contribution is 7.99. The van der Waals surface area contributed by atoms with Gasteiger partial charge in [0.1, 0.15) is 6.04 Å². The molecule has 1 saturated heterocycles. The van der Waals surface area contributed by atoms with Gasteiger partial charge < -0.3 is 20.4 Å². The fourth-order valence-electron chi connectivity index (χ4n) is 1.87. The van der Waals surface area contributed by atoms with Crippen LogP contribution in [-0.4, -0.2) is 63.9 Å². The predicted octanol–water partition coefficient (Wildman–Crippen LogP) is 0.357. The van der Waals surface area contributed by atoms with E-state index in [-0.39, 0.29) is 13.0 Å². The molecule has 3 atom stereocenters. The van der Waals surface area contributed by atoms with Crippen molar-refractivity contribution in [2.75, 3.05) is 19.3 Å². The second kappa shape index (κ2) is 6.84. The number of carboxylic acid groups (broad SMARTS) is 1. The van der Waals surface area contributed by atoms with Crippen LogP contribution in [0.25, 0.3) is 0 Å². The number of likely N-dealkylation sites (tertiary alicyclic amines) is 1. The normalized spacial score (nSPS) is 24.9. The lowest BCUT2D eigenvalue weighted by atomic mass is 10.2.